The maximum atomic E-state index is 13.4. The summed E-state index contributed by atoms with van der Waals surface area (Å²) in [7, 11) is -4.76. The second-order valence-corrected chi connectivity index (χ2v) is 23.7. The van der Waals surface area contributed by atoms with Gasteiger partial charge in [-0.2, -0.15) is 0 Å². The lowest BCUT2D eigenvalue weighted by Gasteiger charge is -2.22. The van der Waals surface area contributed by atoms with E-state index in [2.05, 4.69) is 40.1 Å². The number of aromatic nitrogens is 1. The molecule has 0 fully saturated rings. The number of aromatic amines is 1. The molecule has 4 unspecified atom stereocenters. The van der Waals surface area contributed by atoms with Crippen LogP contribution in [0.2, 0.25) is 0 Å². The van der Waals surface area contributed by atoms with Crippen molar-refractivity contribution in [3.8, 4) is 5.75 Å². The molecule has 2 aromatic carbocycles. The molecular formula is C63H106N5O10P. The van der Waals surface area contributed by atoms with Gasteiger partial charge >= 0.3 is 7.82 Å². The van der Waals surface area contributed by atoms with E-state index in [0.717, 1.165) is 60.6 Å². The van der Waals surface area contributed by atoms with Gasteiger partial charge in [-0.1, -0.05) is 231 Å². The first kappa shape index (κ1) is 69.0. The Labute approximate surface area is 476 Å². The van der Waals surface area contributed by atoms with Crippen molar-refractivity contribution in [2.75, 3.05) is 26.3 Å². The maximum absolute atomic E-state index is 13.4. The number of ether oxygens (including phenoxy) is 1. The highest BCUT2D eigenvalue weighted by atomic mass is 31.2. The van der Waals surface area contributed by atoms with E-state index in [4.69, 9.17) is 13.8 Å². The summed E-state index contributed by atoms with van der Waals surface area (Å²) >= 11 is 0. The van der Waals surface area contributed by atoms with Gasteiger partial charge in [-0.25, -0.2) is 4.57 Å². The van der Waals surface area contributed by atoms with Crippen LogP contribution in [0.15, 0.2) is 54.7 Å². The van der Waals surface area contributed by atoms with Crippen LogP contribution in [0.3, 0.4) is 0 Å². The van der Waals surface area contributed by atoms with Crippen LogP contribution in [-0.2, 0) is 45.8 Å². The first-order chi connectivity index (χ1) is 38.3. The molecule has 4 atom stereocenters. The Balaban J connectivity index is 1.41. The molecule has 7 N–H and O–H groups in total. The smallest absolute Gasteiger partial charge is 0.472 e. The molecule has 0 saturated carbocycles. The van der Waals surface area contributed by atoms with Crippen molar-refractivity contribution >= 4 is 42.4 Å². The number of benzene rings is 2. The second-order valence-electron chi connectivity index (χ2n) is 22.2. The van der Waals surface area contributed by atoms with Crippen molar-refractivity contribution in [1.29, 1.82) is 0 Å². The number of carbonyl (C=O) groups excluding carboxylic acids is 4. The third-order valence-corrected chi connectivity index (χ3v) is 15.7. The molecule has 3 rings (SSSR count). The molecular weight excluding hydrogens is 1020 g/mol. The summed E-state index contributed by atoms with van der Waals surface area (Å²) in [5, 5.41) is 22.4. The molecule has 15 nitrogen and oxygen atoms in total. The monoisotopic (exact) mass is 1120 g/mol. The van der Waals surface area contributed by atoms with Gasteiger partial charge < -0.3 is 41.0 Å². The molecule has 0 bridgehead atoms. The lowest BCUT2D eigenvalue weighted by molar-refractivity contribution is -0.130. The van der Waals surface area contributed by atoms with Crippen LogP contribution < -0.4 is 26.0 Å². The minimum atomic E-state index is -4.76. The van der Waals surface area contributed by atoms with E-state index >= 15 is 0 Å². The van der Waals surface area contributed by atoms with Crippen LogP contribution in [0, 0.1) is 5.92 Å². The molecule has 4 amide bonds. The zero-order chi connectivity index (χ0) is 57.2. The summed E-state index contributed by atoms with van der Waals surface area (Å²) in [4.78, 5) is 67.1. The predicted octanol–water partition coefficient (Wildman–Crippen LogP) is 13.8. The first-order valence-electron chi connectivity index (χ1n) is 31.0. The first-order valence-corrected chi connectivity index (χ1v) is 32.5. The summed E-state index contributed by atoms with van der Waals surface area (Å²) < 4.78 is 29.5. The molecule has 0 radical (unpaired) electrons. The van der Waals surface area contributed by atoms with E-state index in [1.165, 1.54) is 135 Å². The minimum Gasteiger partial charge on any atom is -0.489 e. The predicted molar refractivity (Wildman–Crippen MR) is 320 cm³/mol. The van der Waals surface area contributed by atoms with Gasteiger partial charge in [0.2, 0.25) is 23.6 Å². The molecule has 1 aromatic heterocycles. The van der Waals surface area contributed by atoms with Gasteiger partial charge in [0.1, 0.15) is 24.4 Å². The van der Waals surface area contributed by atoms with Crippen LogP contribution in [0.4, 0.5) is 0 Å². The van der Waals surface area contributed by atoms with E-state index in [1.807, 2.05) is 48.5 Å². The summed E-state index contributed by atoms with van der Waals surface area (Å²) in [5.74, 6) is -1.47. The highest BCUT2D eigenvalue weighted by Crippen LogP contribution is 2.43. The number of fused-ring (bicyclic) bond motifs is 1. The van der Waals surface area contributed by atoms with Gasteiger partial charge in [0.05, 0.1) is 25.7 Å². The van der Waals surface area contributed by atoms with Crippen molar-refractivity contribution < 1.29 is 47.5 Å². The lowest BCUT2D eigenvalue weighted by atomic mass is 10.0. The fourth-order valence-electron chi connectivity index (χ4n) is 9.85. The average molecular weight is 1120 g/mol. The number of unbranched alkanes of at least 4 members (excludes halogenated alkanes) is 26. The molecule has 3 aromatic rings. The summed E-state index contributed by atoms with van der Waals surface area (Å²) in [6, 6.07) is 13.3. The molecule has 0 spiro atoms. The largest absolute Gasteiger partial charge is 0.489 e. The number of aliphatic hydroxyl groups excluding tert-OH is 1. The van der Waals surface area contributed by atoms with Crippen LogP contribution in [0.25, 0.3) is 10.9 Å². The molecule has 1 heterocycles. The molecule has 16 heteroatoms. The van der Waals surface area contributed by atoms with Crippen molar-refractivity contribution in [2.45, 2.75) is 258 Å². The number of carbonyl (C=O) groups is 4. The van der Waals surface area contributed by atoms with E-state index in [1.54, 1.807) is 20.0 Å². The quantitative estimate of drug-likeness (QED) is 0.0210. The molecule has 79 heavy (non-hydrogen) atoms. The third kappa shape index (κ3) is 33.3. The van der Waals surface area contributed by atoms with Crippen molar-refractivity contribution in [3.05, 3.63) is 65.9 Å². The van der Waals surface area contributed by atoms with Crippen LogP contribution in [-0.4, -0.2) is 83.1 Å². The number of phosphoric ester groups is 1. The normalized spacial score (nSPS) is 13.5. The van der Waals surface area contributed by atoms with E-state index < -0.39 is 51.0 Å². The minimum absolute atomic E-state index is 0.00719. The Hall–Kier alpha value is -4.27. The molecule has 0 aliphatic heterocycles. The van der Waals surface area contributed by atoms with Gasteiger partial charge in [-0.3, -0.25) is 28.2 Å². The molecule has 448 valence electrons. The fraction of sp³-hybridized carbons (Fsp3) is 0.714. The zero-order valence-electron chi connectivity index (χ0n) is 49.3. The fourth-order valence-corrected chi connectivity index (χ4v) is 10.6. The summed E-state index contributed by atoms with van der Waals surface area (Å²) in [5.41, 5.74) is 2.61. The molecule has 0 aliphatic rings. The van der Waals surface area contributed by atoms with Gasteiger partial charge in [-0.05, 0) is 54.5 Å². The van der Waals surface area contributed by atoms with Crippen molar-refractivity contribution in [1.82, 2.24) is 26.3 Å². The lowest BCUT2D eigenvalue weighted by Crippen LogP contribution is -2.50. The number of phosphoric acid groups is 1. The average Bonchev–Trinajstić information content (AvgIpc) is 3.83. The van der Waals surface area contributed by atoms with Crippen LogP contribution in [0.1, 0.15) is 238 Å². The van der Waals surface area contributed by atoms with E-state index in [-0.39, 0.29) is 43.7 Å². The number of H-pyrrole nitrogens is 1. The number of hydrogen-bond acceptors (Lipinski definition) is 9. The number of hydrogen-bond donors (Lipinski definition) is 7. The van der Waals surface area contributed by atoms with E-state index in [9.17, 15) is 33.7 Å². The Morgan fingerprint density at radius 1 is 0.608 bits per heavy atom. The summed E-state index contributed by atoms with van der Waals surface area (Å²) in [6.07, 6.45) is 36.6. The van der Waals surface area contributed by atoms with Gasteiger partial charge in [0, 0.05) is 36.6 Å². The Morgan fingerprint density at radius 2 is 1.14 bits per heavy atom. The Bertz CT molecular complexity index is 2120. The topological polar surface area (TPSA) is 217 Å². The number of amides is 4. The second kappa shape index (κ2) is 43.5. The highest BCUT2D eigenvalue weighted by molar-refractivity contribution is 7.47. The van der Waals surface area contributed by atoms with Crippen LogP contribution in [0.5, 0.6) is 5.75 Å². The van der Waals surface area contributed by atoms with Gasteiger partial charge in [-0.15, -0.1) is 0 Å². The van der Waals surface area contributed by atoms with E-state index in [0.29, 0.717) is 31.6 Å². The number of rotatable bonds is 50. The SMILES string of the molecule is CCCCCCCCCCCCCCCCCCCC(=O)NC(COP(=O)(O)OCCNC(=O)C(NC(=O)Cc1c[nH]c2ccc(OCc3ccccc3)cc12)C(C)C)C(=O)NCCC(O)CCCCCCCCCCCCC. The van der Waals surface area contributed by atoms with Crippen molar-refractivity contribution in [2.24, 2.45) is 5.92 Å². The van der Waals surface area contributed by atoms with Gasteiger partial charge in [0.25, 0.3) is 0 Å². The number of aliphatic hydroxyl groups is 1. The third-order valence-electron chi connectivity index (χ3n) is 14.7. The summed E-state index contributed by atoms with van der Waals surface area (Å²) in [6.45, 7) is 7.41. The number of nitrogens with one attached hydrogen (secondary N) is 5. The van der Waals surface area contributed by atoms with Crippen LogP contribution >= 0.6 is 7.82 Å². The highest BCUT2D eigenvalue weighted by Gasteiger charge is 2.29. The molecule has 0 saturated heterocycles. The van der Waals surface area contributed by atoms with Gasteiger partial charge in [0.15, 0.2) is 0 Å². The molecule has 0 aliphatic carbocycles. The Kier molecular flexibility index (Phi) is 38.0. The zero-order valence-corrected chi connectivity index (χ0v) is 50.2. The standard InChI is InChI=1S/C63H106N5O10P/c1-5-7-9-11-13-15-17-18-19-20-21-22-24-26-28-30-35-39-59(70)67-58(62(72)64-43-42-54(69)38-34-29-27-25-23-16-14-12-10-8-6-2)50-78-79(74,75)77-45-44-65-63(73)61(51(3)4)68-60(71)46-53-48-66-57-41-40-55(47-56(53)57)76-49-52-36-32-31-33-37-52/h31-33,36-37,40-41,47-48,51,54,58,61,66,69H,5-30,34-35,38-39,42-46,49-50H2,1-4H3,(H,64,72)(H,65,73)(H,67,70)(H,68,71)(H,74,75). The van der Waals surface area contributed by atoms with Crippen molar-refractivity contribution in [3.63, 3.8) is 0 Å². The Morgan fingerprint density at radius 3 is 1.70 bits per heavy atom. The maximum Gasteiger partial charge on any atom is 0.472 e.